The van der Waals surface area contributed by atoms with Crippen LogP contribution in [0.5, 0.6) is 0 Å². The lowest BCUT2D eigenvalue weighted by Crippen LogP contribution is -2.37. The van der Waals surface area contributed by atoms with E-state index in [0.29, 0.717) is 16.8 Å². The average molecular weight is 428 g/mol. The highest BCUT2D eigenvalue weighted by molar-refractivity contribution is 6.15. The van der Waals surface area contributed by atoms with Crippen LogP contribution in [-0.2, 0) is 10.2 Å². The van der Waals surface area contributed by atoms with E-state index in [1.54, 1.807) is 13.1 Å². The number of hydrogen-bond acceptors (Lipinski definition) is 3. The molecule has 0 atom stereocenters. The molecule has 3 rings (SSSR count). The van der Waals surface area contributed by atoms with Gasteiger partial charge in [0.05, 0.1) is 11.2 Å². The number of halogens is 3. The van der Waals surface area contributed by atoms with Crippen LogP contribution in [0.3, 0.4) is 0 Å². The van der Waals surface area contributed by atoms with Crippen molar-refractivity contribution < 1.29 is 18.0 Å². The van der Waals surface area contributed by atoms with E-state index < -0.39 is 31.2 Å². The van der Waals surface area contributed by atoms with Crippen molar-refractivity contribution in [1.82, 2.24) is 4.98 Å². The first-order valence-electron chi connectivity index (χ1n) is 10.1. The normalized spacial score (nSPS) is 13.2. The molecule has 0 bridgehead atoms. The van der Waals surface area contributed by atoms with Crippen molar-refractivity contribution in [1.29, 1.82) is 0 Å². The zero-order chi connectivity index (χ0) is 23.0. The summed E-state index contributed by atoms with van der Waals surface area (Å²) in [5.74, 6) is -0.907. The van der Waals surface area contributed by atoms with Crippen molar-refractivity contribution in [2.75, 3.05) is 25.8 Å². The predicted octanol–water partition coefficient (Wildman–Crippen LogP) is 6.14. The number of nitrogen functional groups attached to an aromatic ring is 1. The third-order valence-electron chi connectivity index (χ3n) is 5.73. The van der Waals surface area contributed by atoms with Crippen LogP contribution in [0.15, 0.2) is 42.6 Å². The van der Waals surface area contributed by atoms with Gasteiger partial charge in [-0.25, -0.2) is 13.2 Å². The monoisotopic (exact) mass is 428 g/mol. The van der Waals surface area contributed by atoms with Gasteiger partial charge in [0.15, 0.2) is 5.78 Å². The molecule has 0 fully saturated rings. The second-order valence-electron chi connectivity index (χ2n) is 9.08. The summed E-state index contributed by atoms with van der Waals surface area (Å²) in [5.41, 5.74) is 6.84. The molecule has 0 aliphatic heterocycles. The highest BCUT2D eigenvalue weighted by atomic mass is 19.1. The maximum absolute atomic E-state index is 13.4. The molecular formula is C25H27F3N2O. The molecule has 0 aliphatic carbocycles. The Labute approximate surface area is 180 Å². The highest BCUT2D eigenvalue weighted by Gasteiger charge is 2.38. The number of alkyl halides is 3. The van der Waals surface area contributed by atoms with Crippen molar-refractivity contribution >= 4 is 38.7 Å². The summed E-state index contributed by atoms with van der Waals surface area (Å²) in [6.45, 7) is 3.53. The Morgan fingerprint density at radius 1 is 1.10 bits per heavy atom. The second-order valence-corrected chi connectivity index (χ2v) is 9.08. The van der Waals surface area contributed by atoms with Gasteiger partial charge in [-0.2, -0.15) is 0 Å². The summed E-state index contributed by atoms with van der Waals surface area (Å²) >= 11 is 0. The second kappa shape index (κ2) is 8.33. The summed E-state index contributed by atoms with van der Waals surface area (Å²) < 4.78 is 40.3. The first kappa shape index (κ1) is 22.8. The molecule has 0 aliphatic rings. The van der Waals surface area contributed by atoms with Gasteiger partial charge in [0.2, 0.25) is 0 Å². The maximum Gasteiger partial charge on any atom is 0.170 e. The lowest BCUT2D eigenvalue weighted by Gasteiger charge is -2.27. The van der Waals surface area contributed by atoms with Crippen LogP contribution in [0.25, 0.3) is 27.2 Å². The summed E-state index contributed by atoms with van der Waals surface area (Å²) in [7, 11) is 0. The zero-order valence-electron chi connectivity index (χ0n) is 18.2. The predicted molar refractivity (Wildman–Crippen MR) is 121 cm³/mol. The summed E-state index contributed by atoms with van der Waals surface area (Å²) in [5, 5.41) is 2.55. The number of allylic oxidation sites excluding steroid dienone is 2. The van der Waals surface area contributed by atoms with Gasteiger partial charge in [-0.1, -0.05) is 45.0 Å². The number of nitrogens with two attached hydrogens (primary N) is 1. The van der Waals surface area contributed by atoms with Crippen molar-refractivity contribution in [3.05, 3.63) is 53.7 Å². The molecule has 2 N–H and O–H groups in total. The van der Waals surface area contributed by atoms with Crippen LogP contribution in [0, 0.1) is 5.41 Å². The molecule has 0 spiro atoms. The number of aromatic nitrogens is 1. The Morgan fingerprint density at radius 2 is 1.71 bits per heavy atom. The molecule has 0 radical (unpaired) electrons. The third kappa shape index (κ3) is 3.91. The number of carbonyl (C=O) groups excluding carboxylic acids is 1. The van der Waals surface area contributed by atoms with Crippen molar-refractivity contribution in [2.45, 2.75) is 33.1 Å². The van der Waals surface area contributed by atoms with E-state index in [-0.39, 0.29) is 5.41 Å². The number of anilines is 1. The van der Waals surface area contributed by atoms with Gasteiger partial charge in [-0.3, -0.25) is 9.78 Å². The molecule has 0 saturated carbocycles. The Hall–Kier alpha value is -2.89. The van der Waals surface area contributed by atoms with Gasteiger partial charge in [0.1, 0.15) is 25.4 Å². The minimum absolute atomic E-state index is 0.357. The maximum atomic E-state index is 13.4. The van der Waals surface area contributed by atoms with E-state index in [0.717, 1.165) is 33.4 Å². The summed E-state index contributed by atoms with van der Waals surface area (Å²) in [6.07, 6.45) is 2.89. The fraction of sp³-hybridized carbons (Fsp3) is 0.360. The molecule has 3 nitrogen and oxygen atoms in total. The lowest BCUT2D eigenvalue weighted by atomic mass is 9.78. The fourth-order valence-corrected chi connectivity index (χ4v) is 3.79. The minimum Gasteiger partial charge on any atom is -0.397 e. The van der Waals surface area contributed by atoms with Crippen LogP contribution >= 0.6 is 0 Å². The van der Waals surface area contributed by atoms with E-state index in [9.17, 15) is 18.0 Å². The molecule has 1 heterocycles. The molecule has 31 heavy (non-hydrogen) atoms. The zero-order valence-corrected chi connectivity index (χ0v) is 18.2. The third-order valence-corrected chi connectivity index (χ3v) is 5.73. The van der Waals surface area contributed by atoms with Crippen LogP contribution < -0.4 is 5.73 Å². The lowest BCUT2D eigenvalue weighted by molar-refractivity contribution is -0.126. The summed E-state index contributed by atoms with van der Waals surface area (Å²) in [6, 6.07) is 9.50. The van der Waals surface area contributed by atoms with Gasteiger partial charge in [0.25, 0.3) is 0 Å². The Kier molecular flexibility index (Phi) is 6.12. The first-order valence-corrected chi connectivity index (χ1v) is 10.1. The van der Waals surface area contributed by atoms with E-state index in [1.165, 1.54) is 0 Å². The Morgan fingerprint density at radius 3 is 2.29 bits per heavy atom. The quantitative estimate of drug-likeness (QED) is 0.292. The molecule has 0 unspecified atom stereocenters. The van der Waals surface area contributed by atoms with Crippen LogP contribution in [0.1, 0.15) is 38.8 Å². The number of hydrogen-bond donors (Lipinski definition) is 1. The number of benzene rings is 2. The Bertz CT molecular complexity index is 1170. The molecular weight excluding hydrogens is 401 g/mol. The average Bonchev–Trinajstić information content (AvgIpc) is 2.74. The van der Waals surface area contributed by atoms with Gasteiger partial charge in [-0.05, 0) is 46.6 Å². The number of carbonyl (C=O) groups is 1. The SMILES string of the molecule is CC(=CC(=O)C(CF)(CF)CF)c1c(C(C)(C)C)cc(N)c2ncc3ccccc3c12. The molecule has 164 valence electrons. The van der Waals surface area contributed by atoms with E-state index >= 15 is 0 Å². The van der Waals surface area contributed by atoms with Crippen LogP contribution in [-0.4, -0.2) is 30.8 Å². The number of ketones is 1. The van der Waals surface area contributed by atoms with Gasteiger partial charge >= 0.3 is 0 Å². The van der Waals surface area contributed by atoms with E-state index in [4.69, 9.17) is 5.73 Å². The van der Waals surface area contributed by atoms with Crippen molar-refractivity contribution in [3.8, 4) is 0 Å². The Balaban J connectivity index is 2.43. The number of rotatable bonds is 6. The number of pyridine rings is 1. The molecule has 1 aromatic heterocycles. The molecule has 3 aromatic rings. The van der Waals surface area contributed by atoms with Gasteiger partial charge in [-0.15, -0.1) is 0 Å². The molecule has 0 saturated heterocycles. The van der Waals surface area contributed by atoms with Crippen molar-refractivity contribution in [3.63, 3.8) is 0 Å². The first-order chi connectivity index (χ1) is 14.6. The van der Waals surface area contributed by atoms with E-state index in [1.807, 2.05) is 51.1 Å². The standard InChI is InChI=1S/C25H27F3N2O/c1-15(9-20(31)25(12-26,13-27)14-28)21-18(24(2,3)4)10-19(29)23-22(21)17-8-6-5-7-16(17)11-30-23/h5-11H,12-14,29H2,1-4H3. The number of fused-ring (bicyclic) bond motifs is 3. The summed E-state index contributed by atoms with van der Waals surface area (Å²) in [4.78, 5) is 17.3. The minimum atomic E-state index is -2.30. The number of nitrogens with zero attached hydrogens (tertiary/aromatic N) is 1. The van der Waals surface area contributed by atoms with Crippen LogP contribution in [0.2, 0.25) is 0 Å². The topological polar surface area (TPSA) is 56.0 Å². The van der Waals surface area contributed by atoms with Gasteiger partial charge < -0.3 is 5.73 Å². The van der Waals surface area contributed by atoms with Crippen molar-refractivity contribution in [2.24, 2.45) is 5.41 Å². The fourth-order valence-electron chi connectivity index (χ4n) is 3.79. The van der Waals surface area contributed by atoms with E-state index in [2.05, 4.69) is 4.98 Å². The smallest absolute Gasteiger partial charge is 0.170 e. The highest BCUT2D eigenvalue weighted by Crippen LogP contribution is 2.41. The molecule has 6 heteroatoms. The largest absolute Gasteiger partial charge is 0.397 e. The van der Waals surface area contributed by atoms with Gasteiger partial charge in [0, 0.05) is 17.0 Å². The van der Waals surface area contributed by atoms with Crippen LogP contribution in [0.4, 0.5) is 18.9 Å². The molecule has 0 amide bonds. The molecule has 2 aromatic carbocycles.